The number of carbonyl (C=O) groups is 2. The van der Waals surface area contributed by atoms with Crippen molar-refractivity contribution in [2.24, 2.45) is 0 Å². The largest absolute Gasteiger partial charge is 3.00 e. The molecule has 0 unspecified atom stereocenters. The van der Waals surface area contributed by atoms with Gasteiger partial charge in [0.05, 0.1) is 0 Å². The fourth-order valence-corrected chi connectivity index (χ4v) is 2.05. The van der Waals surface area contributed by atoms with Crippen molar-refractivity contribution < 1.29 is 26.0 Å². The Morgan fingerprint density at radius 1 is 0.476 bits per heavy atom. The third-order valence-corrected chi connectivity index (χ3v) is 2.83. The predicted octanol–water partition coefficient (Wildman–Crippen LogP) is 1.34. The molecule has 2 aromatic carbocycles. The molecule has 100 valence electrons. The van der Waals surface area contributed by atoms with Crippen LogP contribution >= 0.6 is 0 Å². The van der Waals surface area contributed by atoms with Gasteiger partial charge in [-0.2, -0.15) is 0 Å². The summed E-state index contributed by atoms with van der Waals surface area (Å²) < 4.78 is 0. The van der Waals surface area contributed by atoms with Gasteiger partial charge in [-0.05, 0) is 0 Å². The Kier molecular flexibility index (Phi) is 11.3. The first kappa shape index (κ1) is 24.7. The van der Waals surface area contributed by atoms with Crippen LogP contribution in [0.15, 0.2) is 48.5 Å². The first-order valence-electron chi connectivity index (χ1n) is 5.06. The van der Waals surface area contributed by atoms with E-state index in [1.165, 1.54) is 0 Å². The number of carbonyl (C=O) groups excluding carboxylic acids is 2. The molecule has 0 aliphatic heterocycles. The average molecular weight is 310 g/mol. The summed E-state index contributed by atoms with van der Waals surface area (Å²) in [5, 5.41) is 0. The van der Waals surface area contributed by atoms with Crippen molar-refractivity contribution in [3.05, 3.63) is 70.8 Å². The molecule has 0 saturated carbocycles. The molecule has 2 aromatic rings. The van der Waals surface area contributed by atoms with Crippen LogP contribution in [0, 0.1) is 0 Å². The number of hydrogen-bond acceptors (Lipinski definition) is 2. The molecular formula is C14H8Al2O5. The van der Waals surface area contributed by atoms with E-state index in [1.807, 2.05) is 0 Å². The Bertz CT molecular complexity index is 523. The van der Waals surface area contributed by atoms with Crippen LogP contribution in [0.3, 0.4) is 0 Å². The molecule has 5 nitrogen and oxygen atoms in total. The van der Waals surface area contributed by atoms with E-state index in [-0.39, 0.29) is 62.7 Å². The van der Waals surface area contributed by atoms with Gasteiger partial charge in [0.1, 0.15) is 0 Å². The van der Waals surface area contributed by atoms with Crippen molar-refractivity contribution in [2.75, 3.05) is 0 Å². The van der Waals surface area contributed by atoms with Crippen LogP contribution in [-0.2, 0) is 16.4 Å². The van der Waals surface area contributed by atoms with E-state index in [1.54, 1.807) is 48.5 Å². The first-order chi connectivity index (χ1) is 7.79. The van der Waals surface area contributed by atoms with Crippen molar-refractivity contribution in [1.82, 2.24) is 0 Å². The molecule has 1 aliphatic rings. The standard InChI is InChI=1S/C14H8O2.2Al.3O/c15-13-9-5-1-2-6-10(9)14(16)12-8-4-3-7-11(12)13;;;;;/h1-8H;;;;;/q;2*+3;3*-2. The maximum atomic E-state index is 12.1. The third-order valence-electron chi connectivity index (χ3n) is 2.83. The van der Waals surface area contributed by atoms with E-state index >= 15 is 0 Å². The van der Waals surface area contributed by atoms with Crippen LogP contribution in [0.1, 0.15) is 31.8 Å². The molecule has 0 saturated heterocycles. The number of benzene rings is 2. The van der Waals surface area contributed by atoms with E-state index in [4.69, 9.17) is 0 Å². The van der Waals surface area contributed by atoms with Crippen LogP contribution in [0.2, 0.25) is 0 Å². The van der Waals surface area contributed by atoms with Crippen molar-refractivity contribution in [3.63, 3.8) is 0 Å². The van der Waals surface area contributed by atoms with Gasteiger partial charge in [-0.25, -0.2) is 0 Å². The summed E-state index contributed by atoms with van der Waals surface area (Å²) >= 11 is 0. The molecule has 0 bridgehead atoms. The number of rotatable bonds is 0. The van der Waals surface area contributed by atoms with Gasteiger partial charge in [-0.1, -0.05) is 48.5 Å². The summed E-state index contributed by atoms with van der Waals surface area (Å²) in [5.41, 5.74) is 2.02. The Labute approximate surface area is 143 Å². The summed E-state index contributed by atoms with van der Waals surface area (Å²) in [7, 11) is 0. The fourth-order valence-electron chi connectivity index (χ4n) is 2.05. The monoisotopic (exact) mass is 310 g/mol. The quantitative estimate of drug-likeness (QED) is 0.582. The van der Waals surface area contributed by atoms with Gasteiger partial charge in [0, 0.05) is 22.3 Å². The second-order valence-corrected chi connectivity index (χ2v) is 3.75. The van der Waals surface area contributed by atoms with Gasteiger partial charge < -0.3 is 16.4 Å². The minimum atomic E-state index is -0.0641. The first-order valence-corrected chi connectivity index (χ1v) is 5.06. The number of ketones is 2. The van der Waals surface area contributed by atoms with Crippen LogP contribution in [0.5, 0.6) is 0 Å². The summed E-state index contributed by atoms with van der Waals surface area (Å²) in [6.45, 7) is 0. The van der Waals surface area contributed by atoms with Crippen molar-refractivity contribution in [2.45, 2.75) is 0 Å². The SMILES string of the molecule is O=C1c2ccccc2C(=O)c2ccccc21.[Al+3].[Al+3].[O-2].[O-2].[O-2]. The minimum absolute atomic E-state index is 0. The summed E-state index contributed by atoms with van der Waals surface area (Å²) in [6, 6.07) is 13.9. The van der Waals surface area contributed by atoms with Crippen LogP contribution in [0.4, 0.5) is 0 Å². The van der Waals surface area contributed by atoms with E-state index in [0.29, 0.717) is 22.3 Å². The molecule has 1 aliphatic carbocycles. The molecule has 0 heterocycles. The fraction of sp³-hybridized carbons (Fsp3) is 0. The zero-order chi connectivity index (χ0) is 11.1. The van der Waals surface area contributed by atoms with Crippen molar-refractivity contribution >= 4 is 46.3 Å². The molecule has 0 spiro atoms. The van der Waals surface area contributed by atoms with E-state index < -0.39 is 0 Å². The molecule has 0 amide bonds. The normalized spacial score (nSPS) is 10.1. The van der Waals surface area contributed by atoms with Crippen LogP contribution in [0.25, 0.3) is 0 Å². The number of fused-ring (bicyclic) bond motifs is 2. The van der Waals surface area contributed by atoms with E-state index in [0.717, 1.165) is 0 Å². The van der Waals surface area contributed by atoms with Crippen LogP contribution in [-0.4, -0.2) is 46.3 Å². The summed E-state index contributed by atoms with van der Waals surface area (Å²) in [4.78, 5) is 24.2. The Hall–Kier alpha value is -1.28. The maximum absolute atomic E-state index is 12.1. The molecule has 0 fully saturated rings. The van der Waals surface area contributed by atoms with Gasteiger partial charge in [0.15, 0.2) is 11.6 Å². The smallest absolute Gasteiger partial charge is 2.00 e. The third kappa shape index (κ3) is 3.88. The van der Waals surface area contributed by atoms with Crippen molar-refractivity contribution in [1.29, 1.82) is 0 Å². The van der Waals surface area contributed by atoms with Crippen LogP contribution < -0.4 is 0 Å². The van der Waals surface area contributed by atoms with Gasteiger partial charge >= 0.3 is 34.7 Å². The van der Waals surface area contributed by atoms with Gasteiger partial charge in [-0.3, -0.25) is 9.59 Å². The second-order valence-electron chi connectivity index (χ2n) is 3.75. The zero-order valence-corrected chi connectivity index (χ0v) is 13.1. The number of hydrogen-bond donors (Lipinski definition) is 0. The minimum Gasteiger partial charge on any atom is -2.00 e. The Balaban J connectivity index is -0.000000648. The second kappa shape index (κ2) is 9.62. The van der Waals surface area contributed by atoms with Gasteiger partial charge in [0.2, 0.25) is 0 Å². The molecule has 7 heteroatoms. The van der Waals surface area contributed by atoms with Crippen molar-refractivity contribution in [3.8, 4) is 0 Å². The topological polar surface area (TPSA) is 120 Å². The molecule has 21 heavy (non-hydrogen) atoms. The van der Waals surface area contributed by atoms with Gasteiger partial charge in [-0.15, -0.1) is 0 Å². The summed E-state index contributed by atoms with van der Waals surface area (Å²) in [5.74, 6) is -0.128. The molecule has 0 atom stereocenters. The van der Waals surface area contributed by atoms with Gasteiger partial charge in [0.25, 0.3) is 0 Å². The molecular weight excluding hydrogens is 302 g/mol. The molecule has 0 N–H and O–H groups in total. The van der Waals surface area contributed by atoms with E-state index in [9.17, 15) is 9.59 Å². The zero-order valence-electron chi connectivity index (χ0n) is 10.8. The summed E-state index contributed by atoms with van der Waals surface area (Å²) in [6.07, 6.45) is 0. The Morgan fingerprint density at radius 2 is 0.667 bits per heavy atom. The predicted molar refractivity (Wildman–Crippen MR) is 73.3 cm³/mol. The molecule has 3 rings (SSSR count). The molecule has 0 radical (unpaired) electrons. The molecule has 0 aromatic heterocycles. The average Bonchev–Trinajstić information content (AvgIpc) is 2.36. The Morgan fingerprint density at radius 3 is 0.857 bits per heavy atom. The van der Waals surface area contributed by atoms with E-state index in [2.05, 4.69) is 0 Å². The maximum Gasteiger partial charge on any atom is 3.00 e.